The first-order chi connectivity index (χ1) is 17.2. The van der Waals surface area contributed by atoms with E-state index in [4.69, 9.17) is 4.74 Å². The predicted octanol–water partition coefficient (Wildman–Crippen LogP) is 8.85. The van der Waals surface area contributed by atoms with Crippen molar-refractivity contribution in [1.29, 1.82) is 0 Å². The molecule has 0 unspecified atom stereocenters. The minimum absolute atomic E-state index is 0.119. The number of rotatable bonds is 18. The molecular formula is C31H48NO3S. The van der Waals surface area contributed by atoms with E-state index < -0.39 is 10.0 Å². The largest absolute Gasteiger partial charge is 0.492 e. The van der Waals surface area contributed by atoms with Gasteiger partial charge in [-0.05, 0) is 60.4 Å². The number of sulfonamides is 1. The van der Waals surface area contributed by atoms with Crippen LogP contribution in [0.3, 0.4) is 0 Å². The van der Waals surface area contributed by atoms with Crippen LogP contribution in [0.25, 0.3) is 0 Å². The molecule has 0 atom stereocenters. The standard InChI is InChI=1S/C31H48NO3S/c1-6-9-11-12-13-17-24-35-29-22-21-27(31(4,5)23-16-10-7-2)25-30(29)36(33,34)32-28-20-15-14-19-26(28)18-8-3/h8,14-15,19-22,25,32H,6-7,9-13,16-18,23-24H2,1-5H3. The first-order valence-electron chi connectivity index (χ1n) is 13.9. The summed E-state index contributed by atoms with van der Waals surface area (Å²) in [5.41, 5.74) is 2.48. The lowest BCUT2D eigenvalue weighted by molar-refractivity contribution is 0.296. The van der Waals surface area contributed by atoms with Crippen LogP contribution in [0.4, 0.5) is 5.69 Å². The quantitative estimate of drug-likeness (QED) is 0.202. The first kappa shape index (κ1) is 30.2. The maximum absolute atomic E-state index is 13.7. The average molecular weight is 515 g/mol. The van der Waals surface area contributed by atoms with Gasteiger partial charge in [0.15, 0.2) is 0 Å². The van der Waals surface area contributed by atoms with Crippen LogP contribution >= 0.6 is 0 Å². The van der Waals surface area contributed by atoms with E-state index in [0.717, 1.165) is 36.8 Å². The molecule has 0 fully saturated rings. The van der Waals surface area contributed by atoms with Gasteiger partial charge >= 0.3 is 0 Å². The predicted molar refractivity (Wildman–Crippen MR) is 153 cm³/mol. The number of unbranched alkanes of at least 4 members (excludes halogenated alkanes) is 7. The van der Waals surface area contributed by atoms with Gasteiger partial charge in [0.1, 0.15) is 10.6 Å². The Labute approximate surface area is 221 Å². The molecule has 0 aromatic heterocycles. The van der Waals surface area contributed by atoms with Crippen molar-refractivity contribution in [2.45, 2.75) is 116 Å². The molecule has 36 heavy (non-hydrogen) atoms. The Morgan fingerprint density at radius 1 is 0.889 bits per heavy atom. The molecule has 1 N–H and O–H groups in total. The molecule has 0 aliphatic carbocycles. The van der Waals surface area contributed by atoms with Crippen LogP contribution in [-0.2, 0) is 21.9 Å². The Morgan fingerprint density at radius 2 is 1.56 bits per heavy atom. The van der Waals surface area contributed by atoms with E-state index in [1.807, 2.05) is 55.8 Å². The lowest BCUT2D eigenvalue weighted by Crippen LogP contribution is -2.20. The summed E-state index contributed by atoms with van der Waals surface area (Å²) in [6.45, 7) is 11.3. The Hall–Kier alpha value is -2.01. The minimum atomic E-state index is -3.84. The molecule has 201 valence electrons. The molecule has 0 heterocycles. The molecule has 2 rings (SSSR count). The van der Waals surface area contributed by atoms with Gasteiger partial charge in [-0.1, -0.05) is 110 Å². The summed E-state index contributed by atoms with van der Waals surface area (Å²) >= 11 is 0. The van der Waals surface area contributed by atoms with Gasteiger partial charge in [0.2, 0.25) is 0 Å². The number of hydrogen-bond donors (Lipinski definition) is 1. The SMILES string of the molecule is C[CH]Cc1ccccc1NS(=O)(=O)c1cc(C(C)(C)CCCCC)ccc1OCCCCCCCC. The summed E-state index contributed by atoms with van der Waals surface area (Å²) in [4.78, 5) is 0.227. The Morgan fingerprint density at radius 3 is 2.28 bits per heavy atom. The smallest absolute Gasteiger partial charge is 0.265 e. The van der Waals surface area contributed by atoms with E-state index in [-0.39, 0.29) is 10.3 Å². The number of anilines is 1. The summed E-state index contributed by atoms with van der Waals surface area (Å²) < 4.78 is 36.4. The summed E-state index contributed by atoms with van der Waals surface area (Å²) in [7, 11) is -3.84. The van der Waals surface area contributed by atoms with E-state index in [1.54, 1.807) is 0 Å². The van der Waals surface area contributed by atoms with Crippen molar-refractivity contribution in [3.8, 4) is 5.75 Å². The zero-order valence-corrected chi connectivity index (χ0v) is 24.1. The van der Waals surface area contributed by atoms with E-state index in [1.165, 1.54) is 38.5 Å². The van der Waals surface area contributed by atoms with E-state index in [9.17, 15) is 8.42 Å². The molecule has 1 radical (unpaired) electrons. The fourth-order valence-electron chi connectivity index (χ4n) is 4.50. The molecule has 0 saturated heterocycles. The maximum Gasteiger partial charge on any atom is 0.265 e. The van der Waals surface area contributed by atoms with Crippen molar-refractivity contribution >= 4 is 15.7 Å². The fraction of sp³-hybridized carbons (Fsp3) is 0.581. The highest BCUT2D eigenvalue weighted by Gasteiger charge is 2.26. The molecule has 0 aliphatic rings. The molecule has 0 aliphatic heterocycles. The van der Waals surface area contributed by atoms with Crippen LogP contribution in [0.15, 0.2) is 47.4 Å². The third-order valence-electron chi connectivity index (χ3n) is 6.86. The van der Waals surface area contributed by atoms with E-state index in [2.05, 4.69) is 32.4 Å². The number of hydrogen-bond acceptors (Lipinski definition) is 3. The van der Waals surface area contributed by atoms with Crippen molar-refractivity contribution in [1.82, 2.24) is 0 Å². The van der Waals surface area contributed by atoms with E-state index in [0.29, 0.717) is 24.5 Å². The highest BCUT2D eigenvalue weighted by molar-refractivity contribution is 7.92. The molecule has 0 saturated carbocycles. The second-order valence-electron chi connectivity index (χ2n) is 10.5. The van der Waals surface area contributed by atoms with E-state index >= 15 is 0 Å². The van der Waals surface area contributed by atoms with Crippen LogP contribution in [0, 0.1) is 6.42 Å². The lowest BCUT2D eigenvalue weighted by atomic mass is 9.80. The Bertz CT molecular complexity index is 1010. The molecule has 2 aromatic rings. The fourth-order valence-corrected chi connectivity index (χ4v) is 5.77. The minimum Gasteiger partial charge on any atom is -0.492 e. The highest BCUT2D eigenvalue weighted by atomic mass is 32.2. The number of benzene rings is 2. The van der Waals surface area contributed by atoms with Gasteiger partial charge in [-0.15, -0.1) is 0 Å². The summed E-state index contributed by atoms with van der Waals surface area (Å²) in [5.74, 6) is 0.434. The Balaban J connectivity index is 2.31. The Kier molecular flexibility index (Phi) is 12.8. The van der Waals surface area contributed by atoms with Crippen molar-refractivity contribution in [3.63, 3.8) is 0 Å². The number of nitrogens with one attached hydrogen (secondary N) is 1. The molecule has 0 bridgehead atoms. The van der Waals surface area contributed by atoms with Crippen molar-refractivity contribution < 1.29 is 13.2 Å². The molecule has 2 aromatic carbocycles. The summed E-state index contributed by atoms with van der Waals surface area (Å²) in [5, 5.41) is 0. The third kappa shape index (κ3) is 9.46. The lowest BCUT2D eigenvalue weighted by Gasteiger charge is -2.27. The summed E-state index contributed by atoms with van der Waals surface area (Å²) in [6.07, 6.45) is 14.2. The van der Waals surface area contributed by atoms with Gasteiger partial charge in [-0.3, -0.25) is 4.72 Å². The zero-order chi connectivity index (χ0) is 26.4. The van der Waals surface area contributed by atoms with Crippen LogP contribution in [-0.4, -0.2) is 15.0 Å². The molecule has 0 amide bonds. The topological polar surface area (TPSA) is 55.4 Å². The third-order valence-corrected chi connectivity index (χ3v) is 8.25. The van der Waals surface area contributed by atoms with Gasteiger partial charge in [0, 0.05) is 0 Å². The van der Waals surface area contributed by atoms with Crippen molar-refractivity contribution in [2.24, 2.45) is 0 Å². The highest BCUT2D eigenvalue weighted by Crippen LogP contribution is 2.35. The second kappa shape index (κ2) is 15.3. The van der Waals surface area contributed by atoms with Crippen molar-refractivity contribution in [2.75, 3.05) is 11.3 Å². The van der Waals surface area contributed by atoms with Crippen LogP contribution in [0.2, 0.25) is 0 Å². The van der Waals surface area contributed by atoms with Crippen molar-refractivity contribution in [3.05, 3.63) is 60.0 Å². The van der Waals surface area contributed by atoms with Crippen LogP contribution in [0.1, 0.15) is 110 Å². The first-order valence-corrected chi connectivity index (χ1v) is 15.4. The molecule has 4 nitrogen and oxygen atoms in total. The maximum atomic E-state index is 13.7. The van der Waals surface area contributed by atoms with Crippen LogP contribution in [0.5, 0.6) is 5.75 Å². The second-order valence-corrected chi connectivity index (χ2v) is 12.1. The van der Waals surface area contributed by atoms with Crippen LogP contribution < -0.4 is 9.46 Å². The van der Waals surface area contributed by atoms with Gasteiger partial charge < -0.3 is 4.74 Å². The van der Waals surface area contributed by atoms with Gasteiger partial charge in [0.25, 0.3) is 10.0 Å². The number of ether oxygens (including phenoxy) is 1. The number of para-hydroxylation sites is 1. The average Bonchev–Trinajstić information content (AvgIpc) is 2.85. The van der Waals surface area contributed by atoms with Gasteiger partial charge in [0.05, 0.1) is 12.3 Å². The monoisotopic (exact) mass is 514 g/mol. The van der Waals surface area contributed by atoms with Gasteiger partial charge in [-0.2, -0.15) is 0 Å². The normalized spacial score (nSPS) is 12.0. The zero-order valence-electron chi connectivity index (χ0n) is 23.2. The molecule has 5 heteroatoms. The summed E-state index contributed by atoms with van der Waals surface area (Å²) in [6, 6.07) is 13.3. The molecule has 0 spiro atoms. The molecular weight excluding hydrogens is 466 g/mol. The van der Waals surface area contributed by atoms with Gasteiger partial charge in [-0.25, -0.2) is 8.42 Å².